The molecule has 5 rings (SSSR count). The Balaban J connectivity index is 1.65. The topological polar surface area (TPSA) is 90.4 Å². The summed E-state index contributed by atoms with van der Waals surface area (Å²) in [6.45, 7) is 9.78. The fraction of sp³-hybridized carbons (Fsp3) is 0.581. The number of aryl methyl sites for hydroxylation is 2. The van der Waals surface area contributed by atoms with Crippen molar-refractivity contribution in [3.63, 3.8) is 0 Å². The van der Waals surface area contributed by atoms with Crippen molar-refractivity contribution in [1.29, 1.82) is 0 Å². The number of aliphatic hydroxyl groups excluding tert-OH is 1. The monoisotopic (exact) mass is 535 g/mol. The lowest BCUT2D eigenvalue weighted by Crippen LogP contribution is -2.56. The van der Waals surface area contributed by atoms with Gasteiger partial charge in [0.1, 0.15) is 11.6 Å². The largest absolute Gasteiger partial charge is 0.396 e. The lowest BCUT2D eigenvalue weighted by molar-refractivity contribution is -0.150. The molecule has 0 saturated carbocycles. The Labute approximate surface area is 231 Å². The van der Waals surface area contributed by atoms with Crippen LogP contribution in [0.4, 0.5) is 5.69 Å². The number of fused-ring (bicyclic) bond motifs is 2. The van der Waals surface area contributed by atoms with Gasteiger partial charge in [-0.2, -0.15) is 0 Å². The van der Waals surface area contributed by atoms with E-state index in [0.29, 0.717) is 45.4 Å². The van der Waals surface area contributed by atoms with Crippen molar-refractivity contribution in [3.05, 3.63) is 53.6 Å². The Morgan fingerprint density at radius 2 is 1.72 bits per heavy atom. The number of carbonyl (C=O) groups is 3. The molecule has 0 bridgehead atoms. The third kappa shape index (κ3) is 4.23. The van der Waals surface area contributed by atoms with E-state index in [4.69, 9.17) is 4.74 Å². The summed E-state index contributed by atoms with van der Waals surface area (Å²) in [6, 6.07) is 5.13. The summed E-state index contributed by atoms with van der Waals surface area (Å²) in [7, 11) is 0. The van der Waals surface area contributed by atoms with Gasteiger partial charge >= 0.3 is 0 Å². The number of likely N-dealkylation sites (tertiary alicyclic amines) is 1. The van der Waals surface area contributed by atoms with Crippen molar-refractivity contribution in [3.8, 4) is 0 Å². The Kier molecular flexibility index (Phi) is 7.46. The average Bonchev–Trinajstić information content (AvgIpc) is 3.20. The van der Waals surface area contributed by atoms with Crippen molar-refractivity contribution < 1.29 is 24.2 Å². The third-order valence-corrected chi connectivity index (χ3v) is 8.98. The van der Waals surface area contributed by atoms with Gasteiger partial charge in [-0.25, -0.2) is 0 Å². The fourth-order valence-corrected chi connectivity index (χ4v) is 7.14. The first-order valence-electron chi connectivity index (χ1n) is 14.4. The van der Waals surface area contributed by atoms with Gasteiger partial charge in [-0.3, -0.25) is 14.4 Å². The molecule has 8 heteroatoms. The van der Waals surface area contributed by atoms with Crippen molar-refractivity contribution in [2.75, 3.05) is 37.7 Å². The van der Waals surface area contributed by atoms with E-state index in [2.05, 4.69) is 0 Å². The zero-order chi connectivity index (χ0) is 27.9. The lowest BCUT2D eigenvalue weighted by Gasteiger charge is -2.38. The number of ether oxygens (including phenoxy) is 1. The van der Waals surface area contributed by atoms with Crippen LogP contribution in [-0.2, 0) is 19.1 Å². The third-order valence-electron chi connectivity index (χ3n) is 8.98. The zero-order valence-electron chi connectivity index (χ0n) is 23.6. The van der Waals surface area contributed by atoms with Crippen molar-refractivity contribution in [2.45, 2.75) is 70.6 Å². The summed E-state index contributed by atoms with van der Waals surface area (Å²) in [4.78, 5) is 48.3. The number of amides is 3. The number of anilines is 1. The molecule has 1 unspecified atom stereocenters. The lowest BCUT2D eigenvalue weighted by atomic mass is 9.73. The second-order valence-corrected chi connectivity index (χ2v) is 11.4. The van der Waals surface area contributed by atoms with Gasteiger partial charge < -0.3 is 24.5 Å². The Morgan fingerprint density at radius 3 is 2.44 bits per heavy atom. The first-order valence-corrected chi connectivity index (χ1v) is 14.4. The molecule has 1 N–H and O–H groups in total. The molecule has 4 heterocycles. The maximum atomic E-state index is 14.6. The van der Waals surface area contributed by atoms with Gasteiger partial charge in [-0.05, 0) is 56.7 Å². The molecular formula is C31H41N3O5. The SMILES string of the molecule is CCCN1CC=C[C@@]2(CC)O[C@]34C=CCN(c5cc(C)ccc5C)C(=O)C3N(CCCCO)C(=O)[C@@H]4[C@H]2C1=O. The molecule has 4 aliphatic rings. The van der Waals surface area contributed by atoms with Gasteiger partial charge in [0.05, 0.1) is 17.4 Å². The molecule has 8 nitrogen and oxygen atoms in total. The van der Waals surface area contributed by atoms with E-state index in [-0.39, 0.29) is 24.3 Å². The van der Waals surface area contributed by atoms with Crippen LogP contribution in [0.1, 0.15) is 50.7 Å². The summed E-state index contributed by atoms with van der Waals surface area (Å²) in [6.07, 6.45) is 10.2. The highest BCUT2D eigenvalue weighted by Gasteiger charge is 2.75. The molecular weight excluding hydrogens is 494 g/mol. The number of aliphatic hydroxyl groups is 1. The van der Waals surface area contributed by atoms with Crippen LogP contribution in [0.25, 0.3) is 0 Å². The zero-order valence-corrected chi connectivity index (χ0v) is 23.6. The van der Waals surface area contributed by atoms with Crippen LogP contribution in [0.2, 0.25) is 0 Å². The minimum atomic E-state index is -1.25. The molecule has 0 radical (unpaired) electrons. The predicted octanol–water partition coefficient (Wildman–Crippen LogP) is 3.15. The Morgan fingerprint density at radius 1 is 0.949 bits per heavy atom. The van der Waals surface area contributed by atoms with Crippen LogP contribution in [-0.4, -0.2) is 82.7 Å². The first kappa shape index (κ1) is 27.6. The van der Waals surface area contributed by atoms with Crippen LogP contribution in [0.3, 0.4) is 0 Å². The molecule has 1 spiro atoms. The van der Waals surface area contributed by atoms with Gasteiger partial charge in [0.2, 0.25) is 11.8 Å². The number of rotatable bonds is 8. The predicted molar refractivity (Wildman–Crippen MR) is 149 cm³/mol. The Bertz CT molecular complexity index is 1210. The van der Waals surface area contributed by atoms with Crippen LogP contribution in [0.5, 0.6) is 0 Å². The maximum absolute atomic E-state index is 14.6. The summed E-state index contributed by atoms with van der Waals surface area (Å²) >= 11 is 0. The number of carbonyl (C=O) groups excluding carboxylic acids is 3. The van der Waals surface area contributed by atoms with E-state index in [9.17, 15) is 19.5 Å². The molecule has 3 amide bonds. The van der Waals surface area contributed by atoms with Crippen molar-refractivity contribution in [2.24, 2.45) is 11.8 Å². The molecule has 2 fully saturated rings. The van der Waals surface area contributed by atoms with Gasteiger partial charge in [0.25, 0.3) is 5.91 Å². The summed E-state index contributed by atoms with van der Waals surface area (Å²) in [5.74, 6) is -2.00. The van der Waals surface area contributed by atoms with E-state index in [1.165, 1.54) is 0 Å². The molecule has 1 aromatic carbocycles. The number of benzene rings is 1. The standard InChI is InChI=1S/C31H41N3O5/c1-5-15-32-16-9-13-30(6-2)24(27(32)36)25-28(37)34(17-7-8-19-35)26-29(38)33(18-10-14-31(25,26)39-30)23-20-21(3)11-12-22(23)4/h9-14,20,24-26,35H,5-8,15-19H2,1-4H3/t24-,25-,26?,30+,31-/m0/s1. The van der Waals surface area contributed by atoms with Crippen molar-refractivity contribution in [1.82, 2.24) is 9.80 Å². The molecule has 39 heavy (non-hydrogen) atoms. The highest BCUT2D eigenvalue weighted by atomic mass is 16.5. The minimum Gasteiger partial charge on any atom is -0.396 e. The quantitative estimate of drug-likeness (QED) is 0.408. The fourth-order valence-electron chi connectivity index (χ4n) is 7.14. The summed E-state index contributed by atoms with van der Waals surface area (Å²) in [5.41, 5.74) is 0.615. The molecule has 0 aliphatic carbocycles. The molecule has 2 saturated heterocycles. The van der Waals surface area contributed by atoms with Crippen LogP contribution in [0.15, 0.2) is 42.5 Å². The normalized spacial score (nSPS) is 31.9. The smallest absolute Gasteiger partial charge is 0.253 e. The first-order chi connectivity index (χ1) is 18.7. The second-order valence-electron chi connectivity index (χ2n) is 11.4. The number of hydrogen-bond acceptors (Lipinski definition) is 5. The summed E-state index contributed by atoms with van der Waals surface area (Å²) < 4.78 is 7.01. The van der Waals surface area contributed by atoms with Gasteiger partial charge in [-0.1, -0.05) is 50.3 Å². The van der Waals surface area contributed by atoms with E-state index in [1.807, 2.05) is 75.1 Å². The highest BCUT2D eigenvalue weighted by molar-refractivity contribution is 6.06. The maximum Gasteiger partial charge on any atom is 0.253 e. The molecule has 1 aromatic rings. The molecule has 0 aromatic heterocycles. The van der Waals surface area contributed by atoms with Crippen LogP contribution in [0, 0.1) is 25.7 Å². The van der Waals surface area contributed by atoms with Gasteiger partial charge in [0.15, 0.2) is 0 Å². The van der Waals surface area contributed by atoms with Crippen molar-refractivity contribution >= 4 is 23.4 Å². The van der Waals surface area contributed by atoms with Crippen LogP contribution < -0.4 is 4.90 Å². The van der Waals surface area contributed by atoms with E-state index >= 15 is 0 Å². The number of unbranched alkanes of at least 4 members (excludes halogenated alkanes) is 1. The highest BCUT2D eigenvalue weighted by Crippen LogP contribution is 2.58. The molecule has 210 valence electrons. The van der Waals surface area contributed by atoms with E-state index < -0.39 is 29.1 Å². The van der Waals surface area contributed by atoms with Gasteiger partial charge in [0, 0.05) is 38.5 Å². The van der Waals surface area contributed by atoms with Crippen LogP contribution >= 0.6 is 0 Å². The second kappa shape index (κ2) is 10.5. The Hall–Kier alpha value is -2.97. The molecule has 4 aliphatic heterocycles. The number of hydrogen-bond donors (Lipinski definition) is 1. The van der Waals surface area contributed by atoms with Gasteiger partial charge in [-0.15, -0.1) is 0 Å². The summed E-state index contributed by atoms with van der Waals surface area (Å²) in [5, 5.41) is 9.44. The number of nitrogens with zero attached hydrogens (tertiary/aromatic N) is 3. The van der Waals surface area contributed by atoms with E-state index in [0.717, 1.165) is 23.2 Å². The van der Waals surface area contributed by atoms with E-state index in [1.54, 1.807) is 9.80 Å². The average molecular weight is 536 g/mol. The molecule has 5 atom stereocenters. The minimum absolute atomic E-state index is 0.0110.